The van der Waals surface area contributed by atoms with Crippen LogP contribution in [0.25, 0.3) is 0 Å². The van der Waals surface area contributed by atoms with E-state index in [2.05, 4.69) is 17.6 Å². The molecule has 0 aliphatic rings. The summed E-state index contributed by atoms with van der Waals surface area (Å²) in [6.45, 7) is 3.87. The van der Waals surface area contributed by atoms with E-state index in [1.807, 2.05) is 31.2 Å². The zero-order valence-corrected chi connectivity index (χ0v) is 17.8. The van der Waals surface area contributed by atoms with E-state index >= 15 is 0 Å². The number of hydrogen-bond donors (Lipinski definition) is 2. The number of hydrogen-bond acceptors (Lipinski definition) is 4. The molecular weight excluding hydrogens is 396 g/mol. The summed E-state index contributed by atoms with van der Waals surface area (Å²) in [6, 6.07) is 12.6. The van der Waals surface area contributed by atoms with Crippen molar-refractivity contribution in [3.63, 3.8) is 0 Å². The second-order valence-electron chi connectivity index (χ2n) is 6.27. The summed E-state index contributed by atoms with van der Waals surface area (Å²) in [4.78, 5) is 25.4. The van der Waals surface area contributed by atoms with Crippen molar-refractivity contribution in [2.75, 3.05) is 17.7 Å². The maximum absolute atomic E-state index is 12.6. The van der Waals surface area contributed by atoms with Crippen molar-refractivity contribution in [3.05, 3.63) is 47.5 Å². The van der Waals surface area contributed by atoms with Crippen LogP contribution in [0.3, 0.4) is 0 Å². The molecule has 0 aliphatic heterocycles. The molecule has 0 aromatic heterocycles. The molecule has 2 aromatic rings. The lowest BCUT2D eigenvalue weighted by Gasteiger charge is -2.15. The normalized spacial score (nSPS) is 11.6. The van der Waals surface area contributed by atoms with Gasteiger partial charge in [0, 0.05) is 22.0 Å². The van der Waals surface area contributed by atoms with Gasteiger partial charge >= 0.3 is 0 Å². The van der Waals surface area contributed by atoms with Crippen molar-refractivity contribution in [1.82, 2.24) is 0 Å². The molecule has 0 bridgehead atoms. The Morgan fingerprint density at radius 2 is 1.96 bits per heavy atom. The van der Waals surface area contributed by atoms with Crippen LogP contribution < -0.4 is 15.4 Å². The third kappa shape index (κ3) is 6.77. The molecule has 0 spiro atoms. The van der Waals surface area contributed by atoms with Crippen molar-refractivity contribution >= 4 is 46.6 Å². The highest BCUT2D eigenvalue weighted by atomic mass is 35.5. The van der Waals surface area contributed by atoms with Gasteiger partial charge in [0.15, 0.2) is 0 Å². The lowest BCUT2D eigenvalue weighted by atomic mass is 10.2. The average Bonchev–Trinajstić information content (AvgIpc) is 2.66. The average molecular weight is 421 g/mol. The second-order valence-corrected chi connectivity index (χ2v) is 8.12. The number of rotatable bonds is 9. The molecule has 5 nitrogen and oxygen atoms in total. The highest BCUT2D eigenvalue weighted by Gasteiger charge is 2.17. The van der Waals surface area contributed by atoms with E-state index in [0.717, 1.165) is 23.4 Å². The van der Waals surface area contributed by atoms with Crippen LogP contribution in [-0.2, 0) is 9.59 Å². The Kier molecular flexibility index (Phi) is 8.67. The van der Waals surface area contributed by atoms with Gasteiger partial charge in [-0.05, 0) is 49.7 Å². The standard InChI is InChI=1S/C21H25ClN2O3S/c1-4-5-9-20(25)23-16-7-6-8-17(13-16)28-14(2)21(26)24-18-12-15(22)10-11-19(18)27-3/h6-8,10-14H,4-5,9H2,1-3H3,(H,23,25)(H,24,26). The number of anilines is 2. The summed E-state index contributed by atoms with van der Waals surface area (Å²) in [7, 11) is 1.54. The van der Waals surface area contributed by atoms with E-state index in [-0.39, 0.29) is 17.1 Å². The number of carbonyl (C=O) groups is 2. The molecule has 0 aliphatic carbocycles. The lowest BCUT2D eigenvalue weighted by molar-refractivity contribution is -0.116. The Balaban J connectivity index is 1.99. The van der Waals surface area contributed by atoms with Gasteiger partial charge in [-0.1, -0.05) is 31.0 Å². The van der Waals surface area contributed by atoms with E-state index in [4.69, 9.17) is 16.3 Å². The van der Waals surface area contributed by atoms with Gasteiger partial charge in [-0.15, -0.1) is 11.8 Å². The largest absolute Gasteiger partial charge is 0.495 e. The first-order valence-electron chi connectivity index (χ1n) is 9.14. The van der Waals surface area contributed by atoms with Crippen LogP contribution in [0.1, 0.15) is 33.1 Å². The fourth-order valence-electron chi connectivity index (χ4n) is 2.48. The maximum atomic E-state index is 12.6. The maximum Gasteiger partial charge on any atom is 0.237 e. The number of thioether (sulfide) groups is 1. The molecule has 0 saturated heterocycles. The van der Waals surface area contributed by atoms with Gasteiger partial charge in [0.2, 0.25) is 11.8 Å². The first-order chi connectivity index (χ1) is 13.4. The zero-order valence-electron chi connectivity index (χ0n) is 16.3. The number of nitrogens with one attached hydrogen (secondary N) is 2. The Labute approximate surface area is 175 Å². The van der Waals surface area contributed by atoms with E-state index in [1.165, 1.54) is 18.9 Å². The van der Waals surface area contributed by atoms with Crippen molar-refractivity contribution in [2.45, 2.75) is 43.3 Å². The second kappa shape index (κ2) is 11.0. The molecule has 150 valence electrons. The van der Waals surface area contributed by atoms with Gasteiger partial charge in [-0.2, -0.15) is 0 Å². The predicted molar refractivity (Wildman–Crippen MR) is 117 cm³/mol. The lowest BCUT2D eigenvalue weighted by Crippen LogP contribution is -2.22. The Hall–Kier alpha value is -2.18. The van der Waals surface area contributed by atoms with Crippen LogP contribution in [0.2, 0.25) is 5.02 Å². The molecule has 0 heterocycles. The number of halogens is 1. The van der Waals surface area contributed by atoms with Gasteiger partial charge in [-0.3, -0.25) is 9.59 Å². The van der Waals surface area contributed by atoms with Gasteiger partial charge < -0.3 is 15.4 Å². The summed E-state index contributed by atoms with van der Waals surface area (Å²) in [5, 5.41) is 5.91. The van der Waals surface area contributed by atoms with Crippen molar-refractivity contribution in [2.24, 2.45) is 0 Å². The Morgan fingerprint density at radius 3 is 2.68 bits per heavy atom. The molecule has 28 heavy (non-hydrogen) atoms. The molecule has 1 unspecified atom stereocenters. The van der Waals surface area contributed by atoms with Crippen molar-refractivity contribution in [1.29, 1.82) is 0 Å². The summed E-state index contributed by atoms with van der Waals surface area (Å²) in [5.41, 5.74) is 1.26. The van der Waals surface area contributed by atoms with E-state index in [9.17, 15) is 9.59 Å². The predicted octanol–water partition coefficient (Wildman–Crippen LogP) is 5.60. The third-order valence-electron chi connectivity index (χ3n) is 3.98. The molecule has 2 amide bonds. The molecule has 1 atom stereocenters. The molecular formula is C21H25ClN2O3S. The van der Waals surface area contributed by atoms with E-state index in [1.54, 1.807) is 18.2 Å². The summed E-state index contributed by atoms with van der Waals surface area (Å²) < 4.78 is 5.26. The fraction of sp³-hybridized carbons (Fsp3) is 0.333. The molecule has 0 saturated carbocycles. The fourth-order valence-corrected chi connectivity index (χ4v) is 3.58. The third-order valence-corrected chi connectivity index (χ3v) is 5.31. The van der Waals surface area contributed by atoms with Crippen molar-refractivity contribution < 1.29 is 14.3 Å². The first-order valence-corrected chi connectivity index (χ1v) is 10.4. The van der Waals surface area contributed by atoms with Gasteiger partial charge in [0.1, 0.15) is 5.75 Å². The monoisotopic (exact) mass is 420 g/mol. The van der Waals surface area contributed by atoms with E-state index in [0.29, 0.717) is 22.9 Å². The van der Waals surface area contributed by atoms with Crippen LogP contribution in [0, 0.1) is 0 Å². The molecule has 7 heteroatoms. The summed E-state index contributed by atoms with van der Waals surface area (Å²) >= 11 is 7.42. The van der Waals surface area contributed by atoms with Gasteiger partial charge in [0.05, 0.1) is 18.0 Å². The SMILES string of the molecule is CCCCC(=O)Nc1cccc(SC(C)C(=O)Nc2cc(Cl)ccc2OC)c1. The smallest absolute Gasteiger partial charge is 0.237 e. The number of ether oxygens (including phenoxy) is 1. The summed E-state index contributed by atoms with van der Waals surface area (Å²) in [5.74, 6) is 0.387. The first kappa shape index (κ1) is 22.1. The Bertz CT molecular complexity index is 829. The number of methoxy groups -OCH3 is 1. The van der Waals surface area contributed by atoms with E-state index < -0.39 is 0 Å². The Morgan fingerprint density at radius 1 is 1.18 bits per heavy atom. The minimum Gasteiger partial charge on any atom is -0.495 e. The topological polar surface area (TPSA) is 67.4 Å². The van der Waals surface area contributed by atoms with Crippen LogP contribution in [0.4, 0.5) is 11.4 Å². The van der Waals surface area contributed by atoms with Gasteiger partial charge in [-0.25, -0.2) is 0 Å². The molecule has 2 rings (SSSR count). The number of benzene rings is 2. The number of unbranched alkanes of at least 4 members (excludes halogenated alkanes) is 1. The van der Waals surface area contributed by atoms with Crippen LogP contribution in [0.5, 0.6) is 5.75 Å². The number of amides is 2. The molecule has 2 N–H and O–H groups in total. The molecule has 0 radical (unpaired) electrons. The zero-order chi connectivity index (χ0) is 20.5. The highest BCUT2D eigenvalue weighted by molar-refractivity contribution is 8.00. The van der Waals surface area contributed by atoms with Crippen molar-refractivity contribution in [3.8, 4) is 5.75 Å². The van der Waals surface area contributed by atoms with Crippen LogP contribution in [0.15, 0.2) is 47.4 Å². The van der Waals surface area contributed by atoms with Crippen LogP contribution in [-0.4, -0.2) is 24.2 Å². The molecule has 0 fully saturated rings. The van der Waals surface area contributed by atoms with Gasteiger partial charge in [0.25, 0.3) is 0 Å². The van der Waals surface area contributed by atoms with Crippen LogP contribution >= 0.6 is 23.4 Å². The minimum atomic E-state index is -0.352. The quantitative estimate of drug-likeness (QED) is 0.518. The number of carbonyl (C=O) groups excluding carboxylic acids is 2. The molecule has 2 aromatic carbocycles. The highest BCUT2D eigenvalue weighted by Crippen LogP contribution is 2.30. The summed E-state index contributed by atoms with van der Waals surface area (Å²) in [6.07, 6.45) is 2.35. The minimum absolute atomic E-state index is 0.00263.